The molecule has 1 aromatic carbocycles. The van der Waals surface area contributed by atoms with Crippen molar-refractivity contribution < 1.29 is 19.1 Å². The number of nitrogens with one attached hydrogen (secondary N) is 2. The molecule has 0 atom stereocenters. The highest BCUT2D eigenvalue weighted by atomic mass is 32.2. The van der Waals surface area contributed by atoms with Crippen LogP contribution in [0, 0.1) is 0 Å². The third-order valence-corrected chi connectivity index (χ3v) is 4.63. The molecule has 8 heteroatoms. The Hall–Kier alpha value is -1.93. The normalized spacial score (nSPS) is 14.6. The van der Waals surface area contributed by atoms with Crippen LogP contribution in [-0.2, 0) is 14.3 Å². The van der Waals surface area contributed by atoms with E-state index in [0.29, 0.717) is 18.1 Å². The maximum atomic E-state index is 12.0. The van der Waals surface area contributed by atoms with Crippen LogP contribution in [0.1, 0.15) is 20.8 Å². The third kappa shape index (κ3) is 8.53. The van der Waals surface area contributed by atoms with Crippen molar-refractivity contribution >= 4 is 35.1 Å². The van der Waals surface area contributed by atoms with E-state index in [9.17, 15) is 9.59 Å². The molecule has 1 heterocycles. The van der Waals surface area contributed by atoms with Crippen molar-refractivity contribution in [2.24, 2.45) is 0 Å². The summed E-state index contributed by atoms with van der Waals surface area (Å²) in [6.45, 7) is 9.19. The number of ether oxygens (including phenoxy) is 2. The highest BCUT2D eigenvalue weighted by Gasteiger charge is 2.15. The summed E-state index contributed by atoms with van der Waals surface area (Å²) >= 11 is 1.46. The molecule has 1 aliphatic rings. The summed E-state index contributed by atoms with van der Waals surface area (Å²) < 4.78 is 10.5. The van der Waals surface area contributed by atoms with Crippen LogP contribution in [0.3, 0.4) is 0 Å². The van der Waals surface area contributed by atoms with Crippen LogP contribution < -0.4 is 15.5 Å². The molecule has 2 N–H and O–H groups in total. The number of anilines is 2. The van der Waals surface area contributed by atoms with E-state index in [-0.39, 0.29) is 5.91 Å². The van der Waals surface area contributed by atoms with Crippen LogP contribution in [0.5, 0.6) is 0 Å². The van der Waals surface area contributed by atoms with Crippen molar-refractivity contribution in [3.8, 4) is 0 Å². The zero-order valence-electron chi connectivity index (χ0n) is 16.2. The average Bonchev–Trinajstić information content (AvgIpc) is 2.61. The Kier molecular flexibility index (Phi) is 8.24. The molecule has 0 aromatic heterocycles. The predicted molar refractivity (Wildman–Crippen MR) is 110 cm³/mol. The topological polar surface area (TPSA) is 79.9 Å². The number of carbonyl (C=O) groups excluding carboxylic acids is 2. The Morgan fingerprint density at radius 1 is 1.19 bits per heavy atom. The van der Waals surface area contributed by atoms with Crippen LogP contribution in [0.15, 0.2) is 24.3 Å². The molecule has 150 valence electrons. The van der Waals surface area contributed by atoms with Crippen LogP contribution >= 0.6 is 11.8 Å². The summed E-state index contributed by atoms with van der Waals surface area (Å²) in [7, 11) is 0. The number of nitrogens with zero attached hydrogens (tertiary/aromatic N) is 1. The van der Waals surface area contributed by atoms with Crippen LogP contribution in [-0.4, -0.2) is 62.0 Å². The van der Waals surface area contributed by atoms with E-state index < -0.39 is 11.7 Å². The molecule has 7 nitrogen and oxygen atoms in total. The van der Waals surface area contributed by atoms with E-state index in [1.807, 2.05) is 45.0 Å². The summed E-state index contributed by atoms with van der Waals surface area (Å²) in [5.41, 5.74) is 1.41. The fourth-order valence-electron chi connectivity index (χ4n) is 2.48. The largest absolute Gasteiger partial charge is 0.444 e. The number of hydrogen-bond acceptors (Lipinski definition) is 6. The average molecular weight is 396 g/mol. The minimum absolute atomic E-state index is 0.0589. The molecule has 0 bridgehead atoms. The van der Waals surface area contributed by atoms with E-state index >= 15 is 0 Å². The van der Waals surface area contributed by atoms with Crippen LogP contribution in [0.4, 0.5) is 16.2 Å². The number of hydrogen-bond donors (Lipinski definition) is 2. The summed E-state index contributed by atoms with van der Waals surface area (Å²) in [6, 6.07) is 7.85. The zero-order valence-corrected chi connectivity index (χ0v) is 17.1. The van der Waals surface area contributed by atoms with Gasteiger partial charge >= 0.3 is 6.09 Å². The number of carbonyl (C=O) groups is 2. The smallest absolute Gasteiger partial charge is 0.407 e. The fourth-order valence-corrected chi connectivity index (χ4v) is 3.13. The monoisotopic (exact) mass is 395 g/mol. The molecule has 2 rings (SSSR count). The minimum Gasteiger partial charge on any atom is -0.444 e. The summed E-state index contributed by atoms with van der Waals surface area (Å²) in [4.78, 5) is 25.8. The van der Waals surface area contributed by atoms with Gasteiger partial charge in [-0.15, -0.1) is 0 Å². The van der Waals surface area contributed by atoms with Crippen molar-refractivity contribution in [3.05, 3.63) is 24.3 Å². The Balaban J connectivity index is 1.62. The second kappa shape index (κ2) is 10.4. The van der Waals surface area contributed by atoms with Gasteiger partial charge in [-0.2, -0.15) is 11.8 Å². The molecule has 2 amide bonds. The predicted octanol–water partition coefficient (Wildman–Crippen LogP) is 2.72. The molecular weight excluding hydrogens is 366 g/mol. The molecule has 1 saturated heterocycles. The lowest BCUT2D eigenvalue weighted by atomic mass is 10.2. The lowest BCUT2D eigenvalue weighted by Crippen LogP contribution is -2.36. The van der Waals surface area contributed by atoms with Crippen LogP contribution in [0.25, 0.3) is 0 Å². The fraction of sp³-hybridized carbons (Fsp3) is 0.579. The minimum atomic E-state index is -0.506. The highest BCUT2D eigenvalue weighted by molar-refractivity contribution is 7.99. The van der Waals surface area contributed by atoms with E-state index in [1.165, 1.54) is 11.8 Å². The number of alkyl carbamates (subject to hydrolysis) is 1. The first-order valence-corrected chi connectivity index (χ1v) is 10.3. The van der Waals surface area contributed by atoms with Gasteiger partial charge in [0.05, 0.1) is 19.0 Å². The molecule has 0 aliphatic carbocycles. The van der Waals surface area contributed by atoms with Gasteiger partial charge in [0.25, 0.3) is 0 Å². The number of benzene rings is 1. The van der Waals surface area contributed by atoms with E-state index in [0.717, 1.165) is 37.7 Å². The van der Waals surface area contributed by atoms with Gasteiger partial charge in [-0.3, -0.25) is 4.79 Å². The number of morpholine rings is 1. The summed E-state index contributed by atoms with van der Waals surface area (Å²) in [5, 5.41) is 5.56. The van der Waals surface area contributed by atoms with Gasteiger partial charge in [-0.1, -0.05) is 0 Å². The molecule has 1 aliphatic heterocycles. The Morgan fingerprint density at radius 2 is 1.85 bits per heavy atom. The third-order valence-electron chi connectivity index (χ3n) is 3.68. The SMILES string of the molecule is CC(C)(C)OC(=O)NCCSCC(=O)Nc1ccc(N2CCOCC2)cc1. The Morgan fingerprint density at radius 3 is 2.48 bits per heavy atom. The molecule has 1 fully saturated rings. The maximum Gasteiger partial charge on any atom is 0.407 e. The number of rotatable bonds is 7. The summed E-state index contributed by atoms with van der Waals surface area (Å²) in [5.74, 6) is 0.917. The van der Waals surface area contributed by atoms with Gasteiger partial charge < -0.3 is 25.0 Å². The zero-order chi connectivity index (χ0) is 19.7. The Bertz CT molecular complexity index is 610. The van der Waals surface area contributed by atoms with Gasteiger partial charge in [0.2, 0.25) is 5.91 Å². The molecular formula is C19H29N3O4S. The first kappa shape index (κ1) is 21.4. The van der Waals surface area contributed by atoms with Crippen molar-refractivity contribution in [1.29, 1.82) is 0 Å². The molecule has 27 heavy (non-hydrogen) atoms. The molecule has 0 spiro atoms. The van der Waals surface area contributed by atoms with Gasteiger partial charge in [0.15, 0.2) is 0 Å². The molecule has 0 saturated carbocycles. The highest BCUT2D eigenvalue weighted by Crippen LogP contribution is 2.19. The standard InChI is InChI=1S/C19H29N3O4S/c1-19(2,3)26-18(24)20-8-13-27-14-17(23)21-15-4-6-16(7-5-15)22-9-11-25-12-10-22/h4-7H,8-14H2,1-3H3,(H,20,24)(H,21,23). The molecule has 0 unspecified atom stereocenters. The lowest BCUT2D eigenvalue weighted by Gasteiger charge is -2.28. The van der Waals surface area contributed by atoms with Crippen molar-refractivity contribution in [2.75, 3.05) is 54.6 Å². The van der Waals surface area contributed by atoms with Crippen molar-refractivity contribution in [1.82, 2.24) is 5.32 Å². The number of amides is 2. The second-order valence-corrected chi connectivity index (χ2v) is 8.28. The first-order valence-electron chi connectivity index (χ1n) is 9.11. The van der Waals surface area contributed by atoms with Crippen LogP contribution in [0.2, 0.25) is 0 Å². The van der Waals surface area contributed by atoms with E-state index in [4.69, 9.17) is 9.47 Å². The van der Waals surface area contributed by atoms with Crippen molar-refractivity contribution in [3.63, 3.8) is 0 Å². The molecule has 1 aromatic rings. The lowest BCUT2D eigenvalue weighted by molar-refractivity contribution is -0.113. The van der Waals surface area contributed by atoms with Gasteiger partial charge in [0, 0.05) is 36.8 Å². The summed E-state index contributed by atoms with van der Waals surface area (Å²) in [6.07, 6.45) is -0.437. The second-order valence-electron chi connectivity index (χ2n) is 7.18. The molecule has 0 radical (unpaired) electrons. The number of thioether (sulfide) groups is 1. The quantitative estimate of drug-likeness (QED) is 0.691. The van der Waals surface area contributed by atoms with Gasteiger partial charge in [-0.05, 0) is 45.0 Å². The van der Waals surface area contributed by atoms with Crippen molar-refractivity contribution in [2.45, 2.75) is 26.4 Å². The van der Waals surface area contributed by atoms with E-state index in [1.54, 1.807) is 0 Å². The maximum absolute atomic E-state index is 12.0. The van der Waals surface area contributed by atoms with E-state index in [2.05, 4.69) is 15.5 Å². The van der Waals surface area contributed by atoms with Gasteiger partial charge in [0.1, 0.15) is 5.60 Å². The van der Waals surface area contributed by atoms with Gasteiger partial charge in [-0.25, -0.2) is 4.79 Å². The first-order chi connectivity index (χ1) is 12.8. The Labute approximate surface area is 165 Å².